The molecule has 0 bridgehead atoms. The molecule has 1 heterocycles. The first-order chi connectivity index (χ1) is 13.9. The molecule has 0 spiro atoms. The molecule has 1 aliphatic heterocycles. The fraction of sp³-hybridized carbons (Fsp3) is 0.435. The van der Waals surface area contributed by atoms with Crippen molar-refractivity contribution in [2.24, 2.45) is 0 Å². The molecule has 0 unspecified atom stereocenters. The van der Waals surface area contributed by atoms with Crippen molar-refractivity contribution in [3.05, 3.63) is 70.7 Å². The molecule has 6 heteroatoms. The number of nitrogens with one attached hydrogen (secondary N) is 1. The summed E-state index contributed by atoms with van der Waals surface area (Å²) in [5, 5.41) is 14.7. The first-order valence-corrected chi connectivity index (χ1v) is 10.4. The maximum Gasteiger partial charge on any atom is 0.338 e. The van der Waals surface area contributed by atoms with Gasteiger partial charge in [-0.05, 0) is 62.7 Å². The van der Waals surface area contributed by atoms with Crippen molar-refractivity contribution in [1.82, 2.24) is 10.2 Å². The van der Waals surface area contributed by atoms with Crippen LogP contribution in [-0.2, 0) is 11.3 Å². The fourth-order valence-corrected chi connectivity index (χ4v) is 3.56. The summed E-state index contributed by atoms with van der Waals surface area (Å²) in [4.78, 5) is 14.5. The summed E-state index contributed by atoms with van der Waals surface area (Å²) in [5.41, 5.74) is 0.651. The summed E-state index contributed by atoms with van der Waals surface area (Å²) in [7, 11) is 0. The first-order valence-electron chi connectivity index (χ1n) is 10.1. The Morgan fingerprint density at radius 1 is 1.17 bits per heavy atom. The molecule has 5 nitrogen and oxygen atoms in total. The Bertz CT molecular complexity index is 772. The molecule has 0 aliphatic carbocycles. The van der Waals surface area contributed by atoms with Crippen molar-refractivity contribution in [2.45, 2.75) is 38.0 Å². The van der Waals surface area contributed by atoms with E-state index in [1.54, 1.807) is 31.2 Å². The van der Waals surface area contributed by atoms with Crippen LogP contribution in [0.25, 0.3) is 0 Å². The highest BCUT2D eigenvalue weighted by molar-refractivity contribution is 6.30. The second-order valence-corrected chi connectivity index (χ2v) is 8.43. The number of halogens is 1. The molecule has 0 amide bonds. The van der Waals surface area contributed by atoms with Gasteiger partial charge in [0.25, 0.3) is 0 Å². The highest BCUT2D eigenvalue weighted by Crippen LogP contribution is 2.16. The van der Waals surface area contributed by atoms with Gasteiger partial charge in [0.05, 0.1) is 5.56 Å². The molecule has 1 fully saturated rings. The molecule has 1 saturated heterocycles. The van der Waals surface area contributed by atoms with Gasteiger partial charge in [0.15, 0.2) is 0 Å². The van der Waals surface area contributed by atoms with Crippen molar-refractivity contribution in [3.8, 4) is 0 Å². The summed E-state index contributed by atoms with van der Waals surface area (Å²) in [5.74, 6) is -0.415. The van der Waals surface area contributed by atoms with Crippen LogP contribution in [0.4, 0.5) is 0 Å². The van der Waals surface area contributed by atoms with Crippen LogP contribution in [0.2, 0.25) is 5.02 Å². The molecule has 156 valence electrons. The van der Waals surface area contributed by atoms with Crippen molar-refractivity contribution in [1.29, 1.82) is 0 Å². The normalized spacial score (nSPS) is 17.6. The number of hydrogen-bond donors (Lipinski definition) is 2. The van der Waals surface area contributed by atoms with E-state index in [2.05, 4.69) is 22.3 Å². The summed E-state index contributed by atoms with van der Waals surface area (Å²) < 4.78 is 5.28. The van der Waals surface area contributed by atoms with E-state index in [-0.39, 0.29) is 6.61 Å². The predicted octanol–water partition coefficient (Wildman–Crippen LogP) is 3.50. The lowest BCUT2D eigenvalue weighted by atomic mass is 10.0. The fourth-order valence-electron chi connectivity index (χ4n) is 3.44. The monoisotopic (exact) mass is 416 g/mol. The largest absolute Gasteiger partial charge is 0.459 e. The van der Waals surface area contributed by atoms with Crippen LogP contribution in [0, 0.1) is 0 Å². The molecule has 2 aromatic rings. The van der Waals surface area contributed by atoms with Crippen LogP contribution in [0.15, 0.2) is 54.6 Å². The lowest BCUT2D eigenvalue weighted by Gasteiger charge is -2.34. The molecule has 0 radical (unpaired) electrons. The second-order valence-electron chi connectivity index (χ2n) is 8.00. The van der Waals surface area contributed by atoms with Gasteiger partial charge < -0.3 is 15.2 Å². The van der Waals surface area contributed by atoms with Crippen LogP contribution < -0.4 is 5.32 Å². The Hall–Kier alpha value is -1.92. The van der Waals surface area contributed by atoms with E-state index in [1.165, 1.54) is 5.56 Å². The Morgan fingerprint density at radius 2 is 1.83 bits per heavy atom. The number of piperidine rings is 1. The van der Waals surface area contributed by atoms with Gasteiger partial charge in [-0.3, -0.25) is 4.90 Å². The number of hydrogen-bond acceptors (Lipinski definition) is 5. The average molecular weight is 417 g/mol. The van der Waals surface area contributed by atoms with Gasteiger partial charge in [-0.25, -0.2) is 4.79 Å². The topological polar surface area (TPSA) is 61.8 Å². The number of carbonyl (C=O) groups is 1. The minimum absolute atomic E-state index is 0.0386. The van der Waals surface area contributed by atoms with Crippen molar-refractivity contribution < 1.29 is 14.6 Å². The molecule has 0 aromatic heterocycles. The third kappa shape index (κ3) is 7.12. The van der Waals surface area contributed by atoms with Gasteiger partial charge in [0.1, 0.15) is 12.2 Å². The average Bonchev–Trinajstić information content (AvgIpc) is 2.74. The van der Waals surface area contributed by atoms with E-state index in [4.69, 9.17) is 16.3 Å². The van der Waals surface area contributed by atoms with Crippen LogP contribution in [-0.4, -0.2) is 53.9 Å². The van der Waals surface area contributed by atoms with Gasteiger partial charge in [0, 0.05) is 24.2 Å². The molecule has 3 rings (SSSR count). The third-order valence-corrected chi connectivity index (χ3v) is 5.45. The number of benzene rings is 2. The van der Waals surface area contributed by atoms with E-state index in [0.717, 1.165) is 37.5 Å². The molecular weight excluding hydrogens is 388 g/mol. The number of rotatable bonds is 8. The van der Waals surface area contributed by atoms with E-state index >= 15 is 0 Å². The van der Waals surface area contributed by atoms with Gasteiger partial charge >= 0.3 is 5.97 Å². The Morgan fingerprint density at radius 3 is 2.48 bits per heavy atom. The summed E-state index contributed by atoms with van der Waals surface area (Å²) in [6, 6.07) is 17.2. The number of esters is 1. The molecule has 1 aliphatic rings. The first kappa shape index (κ1) is 21.8. The van der Waals surface area contributed by atoms with Crippen LogP contribution in [0.3, 0.4) is 0 Å². The van der Waals surface area contributed by atoms with Gasteiger partial charge in [-0.2, -0.15) is 0 Å². The minimum Gasteiger partial charge on any atom is -0.459 e. The number of carbonyl (C=O) groups excluding carboxylic acids is 1. The number of ether oxygens (including phenoxy) is 1. The summed E-state index contributed by atoms with van der Waals surface area (Å²) in [6.45, 7) is 4.97. The molecule has 2 N–H and O–H groups in total. The maximum absolute atomic E-state index is 12.0. The standard InChI is InChI=1S/C23H29ClN2O3/c1-23(28,17-29-22(27)19-5-3-2-4-6-19)16-25-21-11-13-26(14-12-21)15-18-7-9-20(24)10-8-18/h2-10,21,25,28H,11-17H2,1H3/t23-/m0/s1. The SMILES string of the molecule is C[C@](O)(CNC1CCN(Cc2ccc(Cl)cc2)CC1)COC(=O)c1ccccc1. The molecule has 0 saturated carbocycles. The van der Waals surface area contributed by atoms with Gasteiger partial charge in [-0.1, -0.05) is 41.9 Å². The van der Waals surface area contributed by atoms with Gasteiger partial charge in [0.2, 0.25) is 0 Å². The minimum atomic E-state index is -1.11. The smallest absolute Gasteiger partial charge is 0.338 e. The Kier molecular flexibility index (Phi) is 7.67. The Balaban J connectivity index is 1.36. The number of likely N-dealkylation sites (tertiary alicyclic amines) is 1. The summed E-state index contributed by atoms with van der Waals surface area (Å²) in [6.07, 6.45) is 2.04. The van der Waals surface area contributed by atoms with Crippen molar-refractivity contribution in [2.75, 3.05) is 26.2 Å². The Labute approximate surface area is 177 Å². The molecule has 1 atom stereocenters. The van der Waals surface area contributed by atoms with E-state index in [0.29, 0.717) is 18.2 Å². The molecule has 29 heavy (non-hydrogen) atoms. The van der Waals surface area contributed by atoms with Crippen LogP contribution in [0.1, 0.15) is 35.7 Å². The number of nitrogens with zero attached hydrogens (tertiary/aromatic N) is 1. The van der Waals surface area contributed by atoms with E-state index < -0.39 is 11.6 Å². The number of aliphatic hydroxyl groups is 1. The zero-order chi connectivity index (χ0) is 20.7. The lowest BCUT2D eigenvalue weighted by molar-refractivity contribution is -0.0220. The second kappa shape index (κ2) is 10.2. The van der Waals surface area contributed by atoms with Gasteiger partial charge in [-0.15, -0.1) is 0 Å². The van der Waals surface area contributed by atoms with E-state index in [9.17, 15) is 9.90 Å². The highest BCUT2D eigenvalue weighted by Gasteiger charge is 2.26. The lowest BCUT2D eigenvalue weighted by Crippen LogP contribution is -2.49. The van der Waals surface area contributed by atoms with Crippen molar-refractivity contribution in [3.63, 3.8) is 0 Å². The quantitative estimate of drug-likeness (QED) is 0.645. The van der Waals surface area contributed by atoms with Crippen molar-refractivity contribution >= 4 is 17.6 Å². The maximum atomic E-state index is 12.0. The summed E-state index contributed by atoms with van der Waals surface area (Å²) >= 11 is 5.95. The third-order valence-electron chi connectivity index (χ3n) is 5.20. The zero-order valence-corrected chi connectivity index (χ0v) is 17.6. The van der Waals surface area contributed by atoms with Crippen LogP contribution >= 0.6 is 11.6 Å². The van der Waals surface area contributed by atoms with Crippen LogP contribution in [0.5, 0.6) is 0 Å². The molecular formula is C23H29ClN2O3. The highest BCUT2D eigenvalue weighted by atomic mass is 35.5. The zero-order valence-electron chi connectivity index (χ0n) is 16.8. The van der Waals surface area contributed by atoms with E-state index in [1.807, 2.05) is 18.2 Å². The predicted molar refractivity (Wildman–Crippen MR) is 115 cm³/mol. The molecule has 2 aromatic carbocycles.